The topological polar surface area (TPSA) is 72.3 Å². The Hall–Kier alpha value is -3.28. The zero-order valence-corrected chi connectivity index (χ0v) is 18.0. The van der Waals surface area contributed by atoms with Crippen LogP contribution in [0.5, 0.6) is 0 Å². The molecule has 0 saturated carbocycles. The van der Waals surface area contributed by atoms with Crippen molar-refractivity contribution in [1.29, 1.82) is 0 Å². The van der Waals surface area contributed by atoms with Crippen LogP contribution < -0.4 is 15.6 Å². The van der Waals surface area contributed by atoms with Crippen molar-refractivity contribution in [3.8, 4) is 0 Å². The number of aromatic amines is 1. The summed E-state index contributed by atoms with van der Waals surface area (Å²) in [5.41, 5.74) is 3.38. The Kier molecular flexibility index (Phi) is 5.25. The number of hydrogen-bond acceptors (Lipinski definition) is 3. The third-order valence-corrected chi connectivity index (χ3v) is 6.08. The van der Waals surface area contributed by atoms with E-state index in [1.807, 2.05) is 19.1 Å². The second-order valence-corrected chi connectivity index (χ2v) is 9.21. The summed E-state index contributed by atoms with van der Waals surface area (Å²) >= 11 is 0. The normalized spacial score (nSPS) is 22.6. The quantitative estimate of drug-likeness (QED) is 0.787. The standard InChI is InChI=1S/C25H26FN3O2/c1-14-6-5-11-27-23(14)29-24(31)20-15(2)28-18-12-25(3,4)13-19(30)22(18)21(20)16-7-9-17(26)10-8-16/h5-11,20-21,28H,2,12-13H2,1,3-4H3,(H,27,29,31)/p+1. The van der Waals surface area contributed by atoms with Gasteiger partial charge in [-0.1, -0.05) is 32.6 Å². The number of hydrogen-bond donors (Lipinski definition) is 2. The molecule has 3 N–H and O–H groups in total. The SMILES string of the molecule is C=C1NC2=C(C(=O)CC(C)(C)C2)C(c2ccc(F)cc2)C1C(=O)Nc1[nH+]cccc1C. The molecule has 0 radical (unpaired) electrons. The van der Waals surface area contributed by atoms with Crippen molar-refractivity contribution < 1.29 is 19.0 Å². The number of carbonyl (C=O) groups excluding carboxylic acids is 2. The lowest BCUT2D eigenvalue weighted by Crippen LogP contribution is -2.45. The summed E-state index contributed by atoms with van der Waals surface area (Å²) in [6.07, 6.45) is 2.82. The predicted molar refractivity (Wildman–Crippen MR) is 116 cm³/mol. The molecule has 2 atom stereocenters. The van der Waals surface area contributed by atoms with Crippen molar-refractivity contribution in [2.24, 2.45) is 11.3 Å². The van der Waals surface area contributed by atoms with Crippen molar-refractivity contribution in [1.82, 2.24) is 5.32 Å². The number of allylic oxidation sites excluding steroid dienone is 2. The average molecular weight is 421 g/mol. The van der Waals surface area contributed by atoms with E-state index in [2.05, 4.69) is 36.0 Å². The Morgan fingerprint density at radius 2 is 1.94 bits per heavy atom. The van der Waals surface area contributed by atoms with Gasteiger partial charge in [-0.2, -0.15) is 0 Å². The van der Waals surface area contributed by atoms with Gasteiger partial charge in [-0.3, -0.25) is 4.79 Å². The van der Waals surface area contributed by atoms with Crippen molar-refractivity contribution in [2.75, 3.05) is 5.32 Å². The Morgan fingerprint density at radius 1 is 1.23 bits per heavy atom. The number of ketones is 1. The van der Waals surface area contributed by atoms with Gasteiger partial charge in [0, 0.05) is 34.9 Å². The van der Waals surface area contributed by atoms with Crippen molar-refractivity contribution >= 4 is 17.5 Å². The first-order valence-corrected chi connectivity index (χ1v) is 10.4. The van der Waals surface area contributed by atoms with Gasteiger partial charge in [0.2, 0.25) is 0 Å². The minimum Gasteiger partial charge on any atom is -0.362 e. The van der Waals surface area contributed by atoms with Gasteiger partial charge in [0.25, 0.3) is 5.82 Å². The van der Waals surface area contributed by atoms with Gasteiger partial charge in [0.1, 0.15) is 11.7 Å². The van der Waals surface area contributed by atoms with Gasteiger partial charge >= 0.3 is 5.91 Å². The van der Waals surface area contributed by atoms with Gasteiger partial charge in [-0.05, 0) is 48.6 Å². The molecule has 1 aromatic carbocycles. The van der Waals surface area contributed by atoms with Crippen LogP contribution in [0.15, 0.2) is 66.1 Å². The van der Waals surface area contributed by atoms with Crippen LogP contribution in [0.4, 0.5) is 10.2 Å². The van der Waals surface area contributed by atoms with Gasteiger partial charge in [0.15, 0.2) is 5.78 Å². The van der Waals surface area contributed by atoms with Gasteiger partial charge < -0.3 is 5.32 Å². The summed E-state index contributed by atoms with van der Waals surface area (Å²) in [6.45, 7) is 10.1. The van der Waals surface area contributed by atoms with E-state index in [0.29, 0.717) is 29.9 Å². The zero-order valence-electron chi connectivity index (χ0n) is 18.0. The lowest BCUT2D eigenvalue weighted by atomic mass is 9.66. The number of pyridine rings is 1. The molecular weight excluding hydrogens is 393 g/mol. The summed E-state index contributed by atoms with van der Waals surface area (Å²) in [5.74, 6) is -1.28. The number of halogens is 1. The van der Waals surface area contributed by atoms with Crippen LogP contribution in [0.2, 0.25) is 0 Å². The monoisotopic (exact) mass is 420 g/mol. The van der Waals surface area contributed by atoms with Crippen molar-refractivity contribution in [2.45, 2.75) is 39.5 Å². The van der Waals surface area contributed by atoms with Crippen LogP contribution in [0.3, 0.4) is 0 Å². The van der Waals surface area contributed by atoms with Crippen LogP contribution in [0.25, 0.3) is 0 Å². The molecule has 1 aromatic heterocycles. The maximum Gasteiger partial charge on any atom is 0.317 e. The first-order chi connectivity index (χ1) is 14.7. The number of aryl methyl sites for hydroxylation is 1. The Bertz CT molecular complexity index is 1100. The number of benzene rings is 1. The molecule has 160 valence electrons. The third-order valence-electron chi connectivity index (χ3n) is 6.08. The molecule has 2 unspecified atom stereocenters. The number of Topliss-reactive ketones (excluding diaryl/α,β-unsaturated/α-hetero) is 1. The van der Waals surface area contributed by atoms with Gasteiger partial charge in [-0.25, -0.2) is 19.5 Å². The summed E-state index contributed by atoms with van der Waals surface area (Å²) in [7, 11) is 0. The number of amides is 1. The molecule has 0 bridgehead atoms. The molecule has 31 heavy (non-hydrogen) atoms. The van der Waals surface area contributed by atoms with Crippen LogP contribution in [0, 0.1) is 24.1 Å². The second-order valence-electron chi connectivity index (χ2n) is 9.21. The molecule has 5 nitrogen and oxygen atoms in total. The predicted octanol–water partition coefficient (Wildman–Crippen LogP) is 4.05. The Balaban J connectivity index is 1.80. The summed E-state index contributed by atoms with van der Waals surface area (Å²) in [5, 5.41) is 6.21. The fourth-order valence-electron chi connectivity index (χ4n) is 4.64. The molecule has 1 amide bonds. The highest BCUT2D eigenvalue weighted by atomic mass is 19.1. The van der Waals surface area contributed by atoms with E-state index in [-0.39, 0.29) is 22.9 Å². The minimum absolute atomic E-state index is 0.0147. The van der Waals surface area contributed by atoms with E-state index in [4.69, 9.17) is 0 Å². The van der Waals surface area contributed by atoms with Crippen LogP contribution in [-0.2, 0) is 9.59 Å². The van der Waals surface area contributed by atoms with Gasteiger partial charge in [0.05, 0.1) is 6.20 Å². The molecule has 2 heterocycles. The maximum absolute atomic E-state index is 13.6. The smallest absolute Gasteiger partial charge is 0.317 e. The fourth-order valence-corrected chi connectivity index (χ4v) is 4.64. The van der Waals surface area contributed by atoms with E-state index in [1.165, 1.54) is 12.1 Å². The number of H-pyrrole nitrogens is 1. The van der Waals surface area contributed by atoms with Crippen LogP contribution in [-0.4, -0.2) is 11.7 Å². The highest BCUT2D eigenvalue weighted by molar-refractivity contribution is 6.03. The van der Waals surface area contributed by atoms with E-state index < -0.39 is 11.8 Å². The molecule has 6 heteroatoms. The second kappa shape index (κ2) is 7.76. The number of rotatable bonds is 3. The van der Waals surface area contributed by atoms with E-state index in [1.54, 1.807) is 18.3 Å². The Morgan fingerprint density at radius 3 is 2.61 bits per heavy atom. The number of aromatic nitrogens is 1. The average Bonchev–Trinajstić information content (AvgIpc) is 2.68. The van der Waals surface area contributed by atoms with E-state index in [9.17, 15) is 14.0 Å². The largest absolute Gasteiger partial charge is 0.362 e. The van der Waals surface area contributed by atoms with Crippen molar-refractivity contribution in [3.05, 3.63) is 83.1 Å². The Labute approximate surface area is 181 Å². The molecule has 4 rings (SSSR count). The van der Waals surface area contributed by atoms with Gasteiger partial charge in [-0.15, -0.1) is 0 Å². The summed E-state index contributed by atoms with van der Waals surface area (Å²) in [6, 6.07) is 9.77. The first kappa shape index (κ1) is 21.0. The molecule has 0 fully saturated rings. The number of carbonyl (C=O) groups is 2. The lowest BCUT2D eigenvalue weighted by molar-refractivity contribution is -0.361. The molecule has 2 aliphatic rings. The molecule has 2 aromatic rings. The molecule has 0 saturated heterocycles. The van der Waals surface area contributed by atoms with Crippen LogP contribution in [0.1, 0.15) is 43.7 Å². The highest BCUT2D eigenvalue weighted by Gasteiger charge is 2.47. The van der Waals surface area contributed by atoms with Crippen molar-refractivity contribution in [3.63, 3.8) is 0 Å². The molecule has 0 spiro atoms. The fraction of sp³-hybridized carbons (Fsp3) is 0.320. The molecule has 1 aliphatic heterocycles. The van der Waals surface area contributed by atoms with Crippen LogP contribution >= 0.6 is 0 Å². The molecule has 1 aliphatic carbocycles. The first-order valence-electron chi connectivity index (χ1n) is 10.4. The van der Waals surface area contributed by atoms with E-state index >= 15 is 0 Å². The third kappa shape index (κ3) is 4.02. The number of nitrogens with one attached hydrogen (secondary N) is 3. The highest BCUT2D eigenvalue weighted by Crippen LogP contribution is 2.48. The lowest BCUT2D eigenvalue weighted by Gasteiger charge is -2.41. The summed E-state index contributed by atoms with van der Waals surface area (Å²) in [4.78, 5) is 29.7. The minimum atomic E-state index is -0.720. The molecular formula is C25H27FN3O2+. The number of anilines is 1. The maximum atomic E-state index is 13.6. The summed E-state index contributed by atoms with van der Waals surface area (Å²) < 4.78 is 13.6. The van der Waals surface area contributed by atoms with E-state index in [0.717, 1.165) is 16.8 Å². The zero-order chi connectivity index (χ0) is 22.3.